The molecule has 0 saturated carbocycles. The molecule has 0 radical (unpaired) electrons. The average Bonchev–Trinajstić information content (AvgIpc) is 3.63. The van der Waals surface area contributed by atoms with Crippen molar-refractivity contribution in [2.75, 3.05) is 0 Å². The maximum absolute atomic E-state index is 12.7. The monoisotopic (exact) mass is 594 g/mol. The normalized spacial score (nSPS) is 34.6. The summed E-state index contributed by atoms with van der Waals surface area (Å²) >= 11 is 0. The largest absolute Gasteiger partial charge is 0.462 e. The Morgan fingerprint density at radius 3 is 2.50 bits per heavy atom. The molecule has 10 nitrogen and oxygen atoms in total. The van der Waals surface area contributed by atoms with Gasteiger partial charge in [-0.15, -0.1) is 0 Å². The van der Waals surface area contributed by atoms with Crippen molar-refractivity contribution in [1.29, 1.82) is 0 Å². The molecular weight excluding hydrogens is 544 g/mol. The van der Waals surface area contributed by atoms with Gasteiger partial charge in [0.15, 0.2) is 0 Å². The van der Waals surface area contributed by atoms with E-state index in [4.69, 9.17) is 18.9 Å². The van der Waals surface area contributed by atoms with Crippen molar-refractivity contribution in [2.45, 2.75) is 135 Å². The summed E-state index contributed by atoms with van der Waals surface area (Å²) in [6.07, 6.45) is 6.25. The molecule has 0 spiro atoms. The van der Waals surface area contributed by atoms with E-state index in [0.29, 0.717) is 18.4 Å². The van der Waals surface area contributed by atoms with Crippen molar-refractivity contribution in [3.8, 4) is 0 Å². The summed E-state index contributed by atoms with van der Waals surface area (Å²) < 4.78 is 22.3. The lowest BCUT2D eigenvalue weighted by molar-refractivity contribution is -0.157. The maximum atomic E-state index is 12.7. The first-order valence-corrected chi connectivity index (χ1v) is 14.8. The molecule has 1 saturated heterocycles. The van der Waals surface area contributed by atoms with Crippen molar-refractivity contribution in [2.24, 2.45) is 11.8 Å². The van der Waals surface area contributed by atoms with E-state index >= 15 is 0 Å². The van der Waals surface area contributed by atoms with Crippen LogP contribution in [0.3, 0.4) is 0 Å². The highest BCUT2D eigenvalue weighted by Crippen LogP contribution is 2.38. The number of ether oxygens (including phenoxy) is 4. The lowest BCUT2D eigenvalue weighted by Gasteiger charge is -2.32. The van der Waals surface area contributed by atoms with Crippen LogP contribution in [0.2, 0.25) is 0 Å². The van der Waals surface area contributed by atoms with Crippen LogP contribution in [0.1, 0.15) is 87.5 Å². The van der Waals surface area contributed by atoms with Gasteiger partial charge in [0.25, 0.3) is 0 Å². The number of aliphatic hydroxyl groups is 3. The highest BCUT2D eigenvalue weighted by molar-refractivity contribution is 5.70. The second-order valence-corrected chi connectivity index (χ2v) is 12.3. The molecule has 0 aromatic heterocycles. The van der Waals surface area contributed by atoms with Gasteiger partial charge in [0.2, 0.25) is 0 Å². The van der Waals surface area contributed by atoms with Gasteiger partial charge in [0.1, 0.15) is 23.9 Å². The lowest BCUT2D eigenvalue weighted by atomic mass is 9.88. The van der Waals surface area contributed by atoms with Crippen LogP contribution in [0.15, 0.2) is 36.0 Å². The zero-order valence-corrected chi connectivity index (χ0v) is 26.2. The summed E-state index contributed by atoms with van der Waals surface area (Å²) in [4.78, 5) is 35.7. The minimum Gasteiger partial charge on any atom is -0.462 e. The van der Waals surface area contributed by atoms with Crippen LogP contribution in [0.25, 0.3) is 0 Å². The number of allylic oxidation sites excluding steroid dienone is 2. The Kier molecular flexibility index (Phi) is 13.0. The summed E-state index contributed by atoms with van der Waals surface area (Å²) in [5.41, 5.74) is -1.93. The number of carbonyl (C=O) groups is 3. The molecule has 0 bridgehead atoms. The molecule has 10 heteroatoms. The van der Waals surface area contributed by atoms with Gasteiger partial charge in [0.05, 0.1) is 30.3 Å². The van der Waals surface area contributed by atoms with E-state index in [-0.39, 0.29) is 55.4 Å². The van der Waals surface area contributed by atoms with Crippen LogP contribution in [-0.2, 0) is 33.3 Å². The molecule has 2 aliphatic heterocycles. The third-order valence-electron chi connectivity index (χ3n) is 7.94. The van der Waals surface area contributed by atoms with E-state index in [1.165, 1.54) is 20.8 Å². The molecule has 2 aliphatic rings. The van der Waals surface area contributed by atoms with Crippen LogP contribution < -0.4 is 0 Å². The first-order valence-electron chi connectivity index (χ1n) is 14.8. The Morgan fingerprint density at radius 1 is 1.24 bits per heavy atom. The Balaban J connectivity index is 2.16. The second-order valence-electron chi connectivity index (χ2n) is 12.3. The molecule has 10 unspecified atom stereocenters. The molecule has 2 heterocycles. The fraction of sp³-hybridized carbons (Fsp3) is 0.719. The molecule has 10 atom stereocenters. The molecule has 1 fully saturated rings. The van der Waals surface area contributed by atoms with E-state index in [9.17, 15) is 29.7 Å². The van der Waals surface area contributed by atoms with Gasteiger partial charge in [0, 0.05) is 32.1 Å². The number of carbonyl (C=O) groups excluding carboxylic acids is 3. The van der Waals surface area contributed by atoms with Crippen LogP contribution >= 0.6 is 0 Å². The summed E-state index contributed by atoms with van der Waals surface area (Å²) in [7, 11) is 0. The predicted octanol–water partition coefficient (Wildman–Crippen LogP) is 3.71. The van der Waals surface area contributed by atoms with Gasteiger partial charge in [-0.3, -0.25) is 14.4 Å². The molecule has 42 heavy (non-hydrogen) atoms. The van der Waals surface area contributed by atoms with Crippen molar-refractivity contribution in [3.63, 3.8) is 0 Å². The number of aliphatic hydroxyl groups excluding tert-OH is 1. The molecule has 0 aliphatic carbocycles. The van der Waals surface area contributed by atoms with Crippen LogP contribution in [0.5, 0.6) is 0 Å². The zero-order chi connectivity index (χ0) is 31.8. The fourth-order valence-corrected chi connectivity index (χ4v) is 5.38. The van der Waals surface area contributed by atoms with Gasteiger partial charge in [-0.2, -0.15) is 0 Å². The van der Waals surface area contributed by atoms with Gasteiger partial charge >= 0.3 is 17.9 Å². The topological polar surface area (TPSA) is 152 Å². The van der Waals surface area contributed by atoms with Crippen molar-refractivity contribution < 1.29 is 48.7 Å². The molecular formula is C32H50O10. The number of cyclic esters (lactones) is 1. The first-order chi connectivity index (χ1) is 19.5. The molecule has 0 amide bonds. The van der Waals surface area contributed by atoms with Gasteiger partial charge in [-0.1, -0.05) is 45.1 Å². The van der Waals surface area contributed by atoms with Crippen molar-refractivity contribution in [1.82, 2.24) is 0 Å². The van der Waals surface area contributed by atoms with E-state index in [1.807, 2.05) is 20.8 Å². The van der Waals surface area contributed by atoms with Gasteiger partial charge in [-0.05, 0) is 51.7 Å². The Labute approximate surface area is 249 Å². The molecule has 238 valence electrons. The van der Waals surface area contributed by atoms with E-state index in [0.717, 1.165) is 0 Å². The quantitative estimate of drug-likeness (QED) is 0.112. The van der Waals surface area contributed by atoms with Crippen LogP contribution in [-0.4, -0.2) is 81.1 Å². The molecule has 0 aromatic carbocycles. The Bertz CT molecular complexity index is 1030. The second kappa shape index (κ2) is 15.3. The maximum Gasteiger partial charge on any atom is 0.309 e. The summed E-state index contributed by atoms with van der Waals surface area (Å²) in [6.45, 7) is 13.4. The van der Waals surface area contributed by atoms with Gasteiger partial charge < -0.3 is 34.3 Å². The SMILES string of the molecule is CCC(OC(C)=O)C(C)C1OC1CC(C)(O)/C=C/C=C(\C)C1OC(=O)CC(O)CCC(C)(O)C(OC(C)=O)/C=C\C1C. The fourth-order valence-electron chi connectivity index (χ4n) is 5.38. The van der Waals surface area contributed by atoms with E-state index in [1.54, 1.807) is 44.2 Å². The minimum atomic E-state index is -1.44. The molecule has 0 aromatic rings. The summed E-state index contributed by atoms with van der Waals surface area (Å²) in [5.74, 6) is -1.81. The number of hydrogen-bond donors (Lipinski definition) is 3. The number of esters is 3. The van der Waals surface area contributed by atoms with Crippen molar-refractivity contribution >= 4 is 17.9 Å². The summed E-state index contributed by atoms with van der Waals surface area (Å²) in [5, 5.41) is 32.3. The van der Waals surface area contributed by atoms with Gasteiger partial charge in [-0.25, -0.2) is 0 Å². The first kappa shape index (κ1) is 35.7. The highest BCUT2D eigenvalue weighted by atomic mass is 16.6. The van der Waals surface area contributed by atoms with E-state index in [2.05, 4.69) is 0 Å². The average molecular weight is 595 g/mol. The van der Waals surface area contributed by atoms with E-state index < -0.39 is 41.5 Å². The van der Waals surface area contributed by atoms with Crippen LogP contribution in [0.4, 0.5) is 0 Å². The Morgan fingerprint density at radius 2 is 1.90 bits per heavy atom. The third kappa shape index (κ3) is 11.3. The number of hydrogen-bond acceptors (Lipinski definition) is 10. The lowest BCUT2D eigenvalue weighted by Crippen LogP contribution is -2.42. The predicted molar refractivity (Wildman–Crippen MR) is 156 cm³/mol. The Hall–Kier alpha value is -2.53. The van der Waals surface area contributed by atoms with Crippen LogP contribution in [0, 0.1) is 11.8 Å². The standard InChI is InChI=1S/C32H50O10/c1-9-25(39-22(5)33)21(4)30-26(41-30)18-31(7,37)15-10-11-19(2)29-20(3)12-13-27(40-23(6)34)32(8,38)16-14-24(35)17-28(36)42-29/h10-13,15,20-21,24-27,29-30,35,37-38H,9,14,16-18H2,1-8H3/b13-12-,15-10+,19-11+. The summed E-state index contributed by atoms with van der Waals surface area (Å²) in [6, 6.07) is 0. The molecule has 3 N–H and O–H groups in total. The number of rotatable bonds is 10. The van der Waals surface area contributed by atoms with Crippen molar-refractivity contribution in [3.05, 3.63) is 36.0 Å². The molecule has 2 rings (SSSR count). The zero-order valence-electron chi connectivity index (χ0n) is 26.2. The third-order valence-corrected chi connectivity index (χ3v) is 7.94. The minimum absolute atomic E-state index is 0.00110. The number of epoxide rings is 1. The smallest absolute Gasteiger partial charge is 0.309 e. The highest BCUT2D eigenvalue weighted by Gasteiger charge is 2.48.